The van der Waals surface area contributed by atoms with E-state index in [0.717, 1.165) is 15.6 Å². The normalized spacial score (nSPS) is 15.7. The van der Waals surface area contributed by atoms with Crippen molar-refractivity contribution in [2.75, 3.05) is 38.7 Å². The van der Waals surface area contributed by atoms with Gasteiger partial charge in [0.25, 0.3) is 5.91 Å². The van der Waals surface area contributed by atoms with Gasteiger partial charge in [0.1, 0.15) is 23.3 Å². The summed E-state index contributed by atoms with van der Waals surface area (Å²) in [6.07, 6.45) is 0. The number of nitrogens with zero attached hydrogens (tertiary/aromatic N) is 3. The van der Waals surface area contributed by atoms with Crippen molar-refractivity contribution >= 4 is 50.5 Å². The standard InChI is InChI=1S/C27H26ClN3O6S2/c1-29(2)14-5-6-15-37-20-9-11-21(12-10-20)39(35,36)31-17-19-7-3-4-8-23(19)30(18-24(31)27(33)34)26(32)25-22(28)13-16-38-25/h3-4,7-13,16,24H,14-15,17-18H2,1-2H3,(H,33,34). The Hall–Kier alpha value is -3.40. The molecule has 2 aromatic carbocycles. The van der Waals surface area contributed by atoms with Crippen molar-refractivity contribution in [3.63, 3.8) is 0 Å². The molecule has 1 atom stereocenters. The van der Waals surface area contributed by atoms with Gasteiger partial charge in [0.2, 0.25) is 10.0 Å². The Labute approximate surface area is 236 Å². The molecular formula is C27H26ClN3O6S2. The minimum absolute atomic E-state index is 0.0987. The molecule has 204 valence electrons. The van der Waals surface area contributed by atoms with Crippen molar-refractivity contribution in [2.24, 2.45) is 0 Å². The third-order valence-corrected chi connectivity index (χ3v) is 9.11. The number of aliphatic carboxylic acids is 1. The van der Waals surface area contributed by atoms with Crippen LogP contribution in [-0.4, -0.2) is 74.4 Å². The van der Waals surface area contributed by atoms with Crippen LogP contribution in [0.15, 0.2) is 64.9 Å². The molecule has 0 fully saturated rings. The maximum atomic E-state index is 13.8. The van der Waals surface area contributed by atoms with Crippen molar-refractivity contribution in [3.8, 4) is 17.6 Å². The third kappa shape index (κ3) is 6.43. The molecule has 0 bridgehead atoms. The highest BCUT2D eigenvalue weighted by atomic mass is 35.5. The number of hydrogen-bond donors (Lipinski definition) is 1. The third-order valence-electron chi connectivity index (χ3n) is 5.91. The van der Waals surface area contributed by atoms with E-state index in [9.17, 15) is 23.1 Å². The van der Waals surface area contributed by atoms with E-state index in [-0.39, 0.29) is 27.9 Å². The number of para-hydroxylation sites is 1. The number of benzene rings is 2. The lowest BCUT2D eigenvalue weighted by Crippen LogP contribution is -2.50. The summed E-state index contributed by atoms with van der Waals surface area (Å²) in [5, 5.41) is 12.0. The molecule has 1 amide bonds. The zero-order chi connectivity index (χ0) is 28.2. The van der Waals surface area contributed by atoms with Gasteiger partial charge in [0.15, 0.2) is 0 Å². The highest BCUT2D eigenvalue weighted by Crippen LogP contribution is 2.34. The van der Waals surface area contributed by atoms with E-state index >= 15 is 0 Å². The first-order chi connectivity index (χ1) is 18.6. The summed E-state index contributed by atoms with van der Waals surface area (Å²) in [5.74, 6) is 4.37. The van der Waals surface area contributed by atoms with Crippen molar-refractivity contribution in [2.45, 2.75) is 17.5 Å². The fourth-order valence-electron chi connectivity index (χ4n) is 3.99. The second kappa shape index (κ2) is 12.2. The summed E-state index contributed by atoms with van der Waals surface area (Å²) in [6.45, 7) is 0.0955. The van der Waals surface area contributed by atoms with Gasteiger partial charge >= 0.3 is 5.97 Å². The second-order valence-electron chi connectivity index (χ2n) is 8.90. The number of sulfonamides is 1. The van der Waals surface area contributed by atoms with E-state index in [4.69, 9.17) is 16.3 Å². The number of thiophene rings is 1. The van der Waals surface area contributed by atoms with Gasteiger partial charge in [-0.15, -0.1) is 11.3 Å². The summed E-state index contributed by atoms with van der Waals surface area (Å²) in [4.78, 5) is 29.2. The summed E-state index contributed by atoms with van der Waals surface area (Å²) < 4.78 is 34.0. The van der Waals surface area contributed by atoms with Gasteiger partial charge in [-0.1, -0.05) is 41.6 Å². The predicted molar refractivity (Wildman–Crippen MR) is 150 cm³/mol. The zero-order valence-electron chi connectivity index (χ0n) is 21.2. The molecule has 1 N–H and O–H groups in total. The molecule has 0 saturated carbocycles. The predicted octanol–water partition coefficient (Wildman–Crippen LogP) is 3.65. The number of carboxylic acid groups (broad SMARTS) is 1. The molecule has 1 aliphatic rings. The molecular weight excluding hydrogens is 562 g/mol. The van der Waals surface area contributed by atoms with Gasteiger partial charge in [-0.05, 0) is 61.4 Å². The Kier molecular flexibility index (Phi) is 8.94. The monoisotopic (exact) mass is 587 g/mol. The largest absolute Gasteiger partial charge is 0.481 e. The Balaban J connectivity index is 1.64. The maximum absolute atomic E-state index is 13.8. The topological polar surface area (TPSA) is 107 Å². The van der Waals surface area contributed by atoms with Crippen LogP contribution in [-0.2, 0) is 21.4 Å². The summed E-state index contributed by atoms with van der Waals surface area (Å²) in [7, 11) is -0.479. The van der Waals surface area contributed by atoms with Gasteiger partial charge in [-0.2, -0.15) is 4.31 Å². The number of amides is 1. The Bertz CT molecular complexity index is 1530. The fraction of sp³-hybridized carbons (Fsp3) is 0.259. The number of carbonyl (C=O) groups is 2. The van der Waals surface area contributed by atoms with E-state index in [1.165, 1.54) is 29.2 Å². The van der Waals surface area contributed by atoms with Crippen LogP contribution >= 0.6 is 22.9 Å². The highest BCUT2D eigenvalue weighted by molar-refractivity contribution is 7.89. The van der Waals surface area contributed by atoms with Gasteiger partial charge < -0.3 is 14.7 Å². The highest BCUT2D eigenvalue weighted by Gasteiger charge is 2.42. The van der Waals surface area contributed by atoms with Crippen LogP contribution in [0.25, 0.3) is 0 Å². The number of fused-ring (bicyclic) bond motifs is 1. The van der Waals surface area contributed by atoms with Crippen LogP contribution in [0.3, 0.4) is 0 Å². The fourth-order valence-corrected chi connectivity index (χ4v) is 6.63. The summed E-state index contributed by atoms with van der Waals surface area (Å²) >= 11 is 7.33. The molecule has 39 heavy (non-hydrogen) atoms. The number of carbonyl (C=O) groups excluding carboxylic acids is 1. The number of halogens is 1. The van der Waals surface area contributed by atoms with E-state index in [1.807, 2.05) is 19.0 Å². The molecule has 12 heteroatoms. The SMILES string of the molecule is CN(C)CC#CCOc1ccc(S(=O)(=O)N2Cc3ccccc3N(C(=O)c3sccc3Cl)CC2C(=O)O)cc1. The lowest BCUT2D eigenvalue weighted by molar-refractivity contribution is -0.141. The average molecular weight is 588 g/mol. The van der Waals surface area contributed by atoms with Gasteiger partial charge in [0, 0.05) is 12.2 Å². The minimum Gasteiger partial charge on any atom is -0.481 e. The van der Waals surface area contributed by atoms with E-state index in [2.05, 4.69) is 11.8 Å². The average Bonchev–Trinajstić information content (AvgIpc) is 3.24. The molecule has 1 aromatic heterocycles. The number of rotatable bonds is 7. The lowest BCUT2D eigenvalue weighted by atomic mass is 10.1. The summed E-state index contributed by atoms with van der Waals surface area (Å²) in [6, 6.07) is 12.5. The number of ether oxygens (including phenoxy) is 1. The van der Waals surface area contributed by atoms with E-state index in [0.29, 0.717) is 23.5 Å². The zero-order valence-corrected chi connectivity index (χ0v) is 23.6. The number of hydrogen-bond acceptors (Lipinski definition) is 7. The molecule has 1 aliphatic heterocycles. The van der Waals surface area contributed by atoms with Crippen molar-refractivity contribution in [1.82, 2.24) is 9.21 Å². The van der Waals surface area contributed by atoms with E-state index < -0.39 is 34.5 Å². The lowest BCUT2D eigenvalue weighted by Gasteiger charge is -2.28. The maximum Gasteiger partial charge on any atom is 0.323 e. The molecule has 0 aliphatic carbocycles. The molecule has 9 nitrogen and oxygen atoms in total. The summed E-state index contributed by atoms with van der Waals surface area (Å²) in [5.41, 5.74) is 0.914. The molecule has 0 saturated heterocycles. The molecule has 2 heterocycles. The minimum atomic E-state index is -4.29. The van der Waals surface area contributed by atoms with Crippen LogP contribution < -0.4 is 9.64 Å². The van der Waals surface area contributed by atoms with Gasteiger partial charge in [-0.3, -0.25) is 14.5 Å². The van der Waals surface area contributed by atoms with Crippen LogP contribution in [0.2, 0.25) is 5.02 Å². The molecule has 3 aromatic rings. The Morgan fingerprint density at radius 1 is 1.13 bits per heavy atom. The first kappa shape index (κ1) is 28.6. The first-order valence-corrected chi connectivity index (χ1v) is 14.5. The van der Waals surface area contributed by atoms with Crippen molar-refractivity contribution < 1.29 is 27.9 Å². The van der Waals surface area contributed by atoms with Crippen LogP contribution in [0.1, 0.15) is 15.2 Å². The van der Waals surface area contributed by atoms with Crippen molar-refractivity contribution in [1.29, 1.82) is 0 Å². The Morgan fingerprint density at radius 2 is 1.85 bits per heavy atom. The first-order valence-electron chi connectivity index (χ1n) is 11.8. The Morgan fingerprint density at radius 3 is 2.49 bits per heavy atom. The van der Waals surface area contributed by atoms with Gasteiger partial charge in [-0.25, -0.2) is 8.42 Å². The quantitative estimate of drug-likeness (QED) is 0.421. The second-order valence-corrected chi connectivity index (χ2v) is 12.1. The van der Waals surface area contributed by atoms with Crippen LogP contribution in [0.5, 0.6) is 5.75 Å². The smallest absolute Gasteiger partial charge is 0.323 e. The molecule has 0 spiro atoms. The van der Waals surface area contributed by atoms with Crippen LogP contribution in [0, 0.1) is 11.8 Å². The molecule has 1 unspecified atom stereocenters. The van der Waals surface area contributed by atoms with Crippen LogP contribution in [0.4, 0.5) is 5.69 Å². The number of carboxylic acids is 1. The van der Waals surface area contributed by atoms with Crippen molar-refractivity contribution in [3.05, 3.63) is 75.4 Å². The molecule has 0 radical (unpaired) electrons. The number of anilines is 1. The van der Waals surface area contributed by atoms with E-state index in [1.54, 1.807) is 35.7 Å². The molecule has 4 rings (SSSR count). The van der Waals surface area contributed by atoms with Gasteiger partial charge in [0.05, 0.1) is 23.0 Å².